The second kappa shape index (κ2) is 4.69. The minimum atomic E-state index is -0.287. The molecule has 1 fully saturated rings. The molecule has 1 aromatic heterocycles. The molecule has 1 aliphatic rings. The summed E-state index contributed by atoms with van der Waals surface area (Å²) in [6.45, 7) is 1.89. The Morgan fingerprint density at radius 1 is 1.47 bits per heavy atom. The van der Waals surface area contributed by atoms with Gasteiger partial charge in [-0.2, -0.15) is 0 Å². The number of para-hydroxylation sites is 2. The molecule has 1 unspecified atom stereocenters. The molecule has 1 aromatic carbocycles. The zero-order valence-electron chi connectivity index (χ0n) is 10.2. The molecule has 0 spiro atoms. The van der Waals surface area contributed by atoms with Crippen molar-refractivity contribution >= 4 is 22.7 Å². The molecule has 2 heterocycles. The van der Waals surface area contributed by atoms with Crippen molar-refractivity contribution in [2.45, 2.75) is 19.6 Å². The summed E-state index contributed by atoms with van der Waals surface area (Å²) in [4.78, 5) is 20.7. The van der Waals surface area contributed by atoms with Gasteiger partial charge in [0.15, 0.2) is 17.9 Å². The van der Waals surface area contributed by atoms with Crippen LogP contribution in [-0.2, 0) is 16.2 Å². The van der Waals surface area contributed by atoms with Crippen LogP contribution in [0.25, 0.3) is 11.1 Å². The van der Waals surface area contributed by atoms with Crippen molar-refractivity contribution < 1.29 is 14.0 Å². The van der Waals surface area contributed by atoms with Gasteiger partial charge >= 0.3 is 0 Å². The van der Waals surface area contributed by atoms with Gasteiger partial charge in [0.25, 0.3) is 5.91 Å². The zero-order valence-corrected chi connectivity index (χ0v) is 10.2. The van der Waals surface area contributed by atoms with Crippen molar-refractivity contribution in [1.29, 1.82) is 0 Å². The molecule has 98 valence electrons. The molecule has 7 nitrogen and oxygen atoms in total. The minimum Gasteiger partial charge on any atom is -0.437 e. The van der Waals surface area contributed by atoms with Crippen LogP contribution in [0.2, 0.25) is 0 Å². The summed E-state index contributed by atoms with van der Waals surface area (Å²) in [5.41, 5.74) is 6.96. The predicted molar refractivity (Wildman–Crippen MR) is 67.0 cm³/mol. The van der Waals surface area contributed by atoms with Gasteiger partial charge in [-0.05, 0) is 19.1 Å². The molecule has 0 aliphatic carbocycles. The number of nitrogens with one attached hydrogen (secondary N) is 2. The number of rotatable bonds is 3. The fourth-order valence-electron chi connectivity index (χ4n) is 1.76. The van der Waals surface area contributed by atoms with E-state index >= 15 is 0 Å². The number of carbonyl (C=O) groups excluding carboxylic acids is 1. The number of hydrogen-bond acceptors (Lipinski definition) is 6. The van der Waals surface area contributed by atoms with Crippen LogP contribution in [0.15, 0.2) is 33.8 Å². The van der Waals surface area contributed by atoms with E-state index in [-0.39, 0.29) is 18.6 Å². The van der Waals surface area contributed by atoms with Crippen molar-refractivity contribution in [3.05, 3.63) is 30.2 Å². The quantitative estimate of drug-likeness (QED) is 0.794. The van der Waals surface area contributed by atoms with Crippen LogP contribution in [0, 0.1) is 0 Å². The van der Waals surface area contributed by atoms with E-state index in [0.717, 1.165) is 5.52 Å². The van der Waals surface area contributed by atoms with Gasteiger partial charge in [-0.15, -0.1) is 0 Å². The predicted octanol–water partition coefficient (Wildman–Crippen LogP) is 0.723. The Kier molecular flexibility index (Phi) is 2.88. The molecule has 2 aromatic rings. The lowest BCUT2D eigenvalue weighted by Gasteiger charge is -1.99. The molecule has 3 rings (SSSR count). The molecule has 1 amide bonds. The maximum atomic E-state index is 11.3. The summed E-state index contributed by atoms with van der Waals surface area (Å²) >= 11 is 0. The van der Waals surface area contributed by atoms with E-state index in [1.807, 2.05) is 24.3 Å². The van der Waals surface area contributed by atoms with Gasteiger partial charge in [0.1, 0.15) is 5.52 Å². The molecule has 7 heteroatoms. The van der Waals surface area contributed by atoms with E-state index in [9.17, 15) is 4.79 Å². The molecule has 1 saturated heterocycles. The van der Waals surface area contributed by atoms with Crippen LogP contribution in [0.4, 0.5) is 0 Å². The summed E-state index contributed by atoms with van der Waals surface area (Å²) in [6.07, 6.45) is 0. The van der Waals surface area contributed by atoms with Crippen LogP contribution in [0.1, 0.15) is 12.8 Å². The zero-order chi connectivity index (χ0) is 13.2. The van der Waals surface area contributed by atoms with E-state index in [2.05, 4.69) is 21.0 Å². The van der Waals surface area contributed by atoms with Gasteiger partial charge < -0.3 is 9.25 Å². The number of amides is 1. The summed E-state index contributed by atoms with van der Waals surface area (Å²) in [7, 11) is 0. The van der Waals surface area contributed by atoms with Crippen LogP contribution >= 0.6 is 0 Å². The fourth-order valence-corrected chi connectivity index (χ4v) is 1.76. The third-order valence-corrected chi connectivity index (χ3v) is 2.73. The van der Waals surface area contributed by atoms with Gasteiger partial charge in [0.05, 0.1) is 6.04 Å². The number of oxazole rings is 1. The standard InChI is InChI=1S/C12H12N4O3/c1-7-11(12(17)15-14-7)16-18-6-10-13-8-4-2-3-5-9(8)19-10/h2-5,7,14H,6H2,1H3,(H,15,17). The first kappa shape index (κ1) is 11.7. The van der Waals surface area contributed by atoms with Crippen LogP contribution in [0.3, 0.4) is 0 Å². The fraction of sp³-hybridized carbons (Fsp3) is 0.250. The topological polar surface area (TPSA) is 88.8 Å². The van der Waals surface area contributed by atoms with E-state index in [4.69, 9.17) is 9.25 Å². The number of oxime groups is 1. The Morgan fingerprint density at radius 2 is 2.32 bits per heavy atom. The van der Waals surface area contributed by atoms with E-state index < -0.39 is 0 Å². The normalized spacial score (nSPS) is 21.0. The van der Waals surface area contributed by atoms with Gasteiger partial charge in [-0.1, -0.05) is 17.3 Å². The Bertz CT molecular complexity index is 616. The average Bonchev–Trinajstić information content (AvgIpc) is 2.95. The summed E-state index contributed by atoms with van der Waals surface area (Å²) in [6, 6.07) is 7.25. The van der Waals surface area contributed by atoms with E-state index in [1.165, 1.54) is 0 Å². The highest BCUT2D eigenvalue weighted by molar-refractivity contribution is 6.42. The largest absolute Gasteiger partial charge is 0.437 e. The molecule has 0 radical (unpaired) electrons. The SMILES string of the molecule is CC1NNC(=O)C1=NOCc1nc2ccccc2o1. The molecule has 19 heavy (non-hydrogen) atoms. The Balaban J connectivity index is 1.69. The van der Waals surface area contributed by atoms with Crippen molar-refractivity contribution in [1.82, 2.24) is 15.8 Å². The number of benzene rings is 1. The lowest BCUT2D eigenvalue weighted by atomic mass is 10.2. The van der Waals surface area contributed by atoms with Crippen LogP contribution in [-0.4, -0.2) is 22.6 Å². The molecule has 0 saturated carbocycles. The van der Waals surface area contributed by atoms with Gasteiger partial charge in [0, 0.05) is 0 Å². The monoisotopic (exact) mass is 260 g/mol. The van der Waals surface area contributed by atoms with Gasteiger partial charge in [-0.25, -0.2) is 10.4 Å². The van der Waals surface area contributed by atoms with Crippen LogP contribution < -0.4 is 10.9 Å². The molecular formula is C12H12N4O3. The van der Waals surface area contributed by atoms with Gasteiger partial charge in [-0.3, -0.25) is 10.2 Å². The van der Waals surface area contributed by atoms with Crippen molar-refractivity contribution in [2.75, 3.05) is 0 Å². The lowest BCUT2D eigenvalue weighted by Crippen LogP contribution is -2.29. The highest BCUT2D eigenvalue weighted by Crippen LogP contribution is 2.15. The number of hydrazine groups is 1. The highest BCUT2D eigenvalue weighted by Gasteiger charge is 2.26. The maximum Gasteiger partial charge on any atom is 0.284 e. The van der Waals surface area contributed by atoms with Crippen molar-refractivity contribution in [3.63, 3.8) is 0 Å². The molecule has 2 N–H and O–H groups in total. The summed E-state index contributed by atoms with van der Waals surface area (Å²) in [5.74, 6) is 0.134. The van der Waals surface area contributed by atoms with Crippen LogP contribution in [0.5, 0.6) is 0 Å². The Morgan fingerprint density at radius 3 is 3.05 bits per heavy atom. The van der Waals surface area contributed by atoms with E-state index in [0.29, 0.717) is 17.2 Å². The second-order valence-corrected chi connectivity index (χ2v) is 4.15. The molecule has 0 bridgehead atoms. The Labute approximate surface area is 108 Å². The number of nitrogens with zero attached hydrogens (tertiary/aromatic N) is 2. The Hall–Kier alpha value is -2.41. The number of fused-ring (bicyclic) bond motifs is 1. The number of hydrogen-bond donors (Lipinski definition) is 2. The molecule has 1 aliphatic heterocycles. The molecular weight excluding hydrogens is 248 g/mol. The highest BCUT2D eigenvalue weighted by atomic mass is 16.6. The smallest absolute Gasteiger partial charge is 0.284 e. The minimum absolute atomic E-state index is 0.0815. The first-order valence-corrected chi connectivity index (χ1v) is 5.84. The second-order valence-electron chi connectivity index (χ2n) is 4.15. The third kappa shape index (κ3) is 2.27. The van der Waals surface area contributed by atoms with E-state index in [1.54, 1.807) is 6.92 Å². The first-order chi connectivity index (χ1) is 9.24. The maximum absolute atomic E-state index is 11.3. The third-order valence-electron chi connectivity index (χ3n) is 2.73. The number of carbonyl (C=O) groups is 1. The first-order valence-electron chi connectivity index (χ1n) is 5.84. The van der Waals surface area contributed by atoms with Gasteiger partial charge in [0.2, 0.25) is 5.89 Å². The summed E-state index contributed by atoms with van der Waals surface area (Å²) in [5, 5.41) is 3.79. The number of aromatic nitrogens is 1. The van der Waals surface area contributed by atoms with Crippen molar-refractivity contribution in [2.24, 2.45) is 5.16 Å². The lowest BCUT2D eigenvalue weighted by molar-refractivity contribution is -0.114. The summed E-state index contributed by atoms with van der Waals surface area (Å²) < 4.78 is 5.46. The molecule has 1 atom stereocenters. The van der Waals surface area contributed by atoms with Crippen molar-refractivity contribution in [3.8, 4) is 0 Å². The average molecular weight is 260 g/mol.